The van der Waals surface area contributed by atoms with Crippen LogP contribution in [0.5, 0.6) is 0 Å². The van der Waals surface area contributed by atoms with Crippen molar-refractivity contribution in [1.82, 2.24) is 0 Å². The van der Waals surface area contributed by atoms with E-state index in [9.17, 15) is 0 Å². The molecule has 0 heterocycles. The molecule has 0 saturated heterocycles. The molecule has 1 fully saturated rings. The molecule has 1 rings (SSSR count). The van der Waals surface area contributed by atoms with Gasteiger partial charge in [-0.2, -0.15) is 0 Å². The zero-order chi connectivity index (χ0) is 8.65. The summed E-state index contributed by atoms with van der Waals surface area (Å²) in [5.74, 6) is 0. The molecule has 1 nitrogen and oxygen atoms in total. The molecule has 1 saturated carbocycles. The highest BCUT2D eigenvalue weighted by molar-refractivity contribution is 4.75. The normalized spacial score (nSPS) is 20.1. The first kappa shape index (κ1) is 9.63. The Morgan fingerprint density at radius 3 is 2.67 bits per heavy atom. The molecular weight excluding hydrogens is 148 g/mol. The molecule has 0 spiro atoms. The minimum Gasteiger partial charge on any atom is -0.498 e. The summed E-state index contributed by atoms with van der Waals surface area (Å²) in [6.07, 6.45) is 13.5. The molecular formula is C11H20O. The van der Waals surface area contributed by atoms with E-state index >= 15 is 0 Å². The molecule has 1 aliphatic rings. The highest BCUT2D eigenvalue weighted by Gasteiger charge is 2.12. The quantitative estimate of drug-likeness (QED) is 0.582. The van der Waals surface area contributed by atoms with Crippen molar-refractivity contribution in [1.29, 1.82) is 0 Å². The Balaban J connectivity index is 2.04. The van der Waals surface area contributed by atoms with Crippen molar-refractivity contribution in [3.63, 3.8) is 0 Å². The third kappa shape index (κ3) is 3.80. The lowest BCUT2D eigenvalue weighted by Gasteiger charge is -2.20. The first-order valence-corrected chi connectivity index (χ1v) is 5.24. The van der Waals surface area contributed by atoms with Crippen molar-refractivity contribution in [2.45, 2.75) is 58.0 Å². The number of rotatable bonds is 4. The van der Waals surface area contributed by atoms with E-state index in [1.165, 1.54) is 38.5 Å². The van der Waals surface area contributed by atoms with Gasteiger partial charge in [0.1, 0.15) is 0 Å². The van der Waals surface area contributed by atoms with E-state index in [1.807, 2.05) is 6.26 Å². The van der Waals surface area contributed by atoms with Crippen LogP contribution in [0.15, 0.2) is 12.3 Å². The molecule has 0 aromatic carbocycles. The minimum absolute atomic E-state index is 0.520. The summed E-state index contributed by atoms with van der Waals surface area (Å²) in [6.45, 7) is 2.19. The van der Waals surface area contributed by atoms with Gasteiger partial charge in [-0.15, -0.1) is 0 Å². The van der Waals surface area contributed by atoms with Gasteiger partial charge in [0, 0.05) is 0 Å². The second kappa shape index (κ2) is 6.10. The van der Waals surface area contributed by atoms with E-state index in [1.54, 1.807) is 0 Å². The predicted molar refractivity (Wildman–Crippen MR) is 52.0 cm³/mol. The van der Waals surface area contributed by atoms with Crippen molar-refractivity contribution in [2.75, 3.05) is 0 Å². The van der Waals surface area contributed by atoms with Crippen LogP contribution < -0.4 is 0 Å². The van der Waals surface area contributed by atoms with Gasteiger partial charge in [0.15, 0.2) is 0 Å². The van der Waals surface area contributed by atoms with Gasteiger partial charge in [0.05, 0.1) is 12.4 Å². The first-order chi connectivity index (χ1) is 5.93. The van der Waals surface area contributed by atoms with E-state index in [0.717, 1.165) is 6.42 Å². The Labute approximate surface area is 75.8 Å². The zero-order valence-electron chi connectivity index (χ0n) is 8.09. The van der Waals surface area contributed by atoms with Crippen molar-refractivity contribution >= 4 is 0 Å². The van der Waals surface area contributed by atoms with Gasteiger partial charge in [-0.05, 0) is 38.2 Å². The molecule has 0 aliphatic heterocycles. The maximum Gasteiger partial charge on any atom is 0.0978 e. The predicted octanol–water partition coefficient (Wildman–Crippen LogP) is 3.65. The van der Waals surface area contributed by atoms with Gasteiger partial charge >= 0.3 is 0 Å². The average molecular weight is 168 g/mol. The lowest BCUT2D eigenvalue weighted by molar-refractivity contribution is 0.106. The van der Waals surface area contributed by atoms with E-state index in [-0.39, 0.29) is 0 Å². The van der Waals surface area contributed by atoms with Gasteiger partial charge in [-0.1, -0.05) is 19.8 Å². The Hall–Kier alpha value is -0.460. The average Bonchev–Trinajstić information content (AvgIpc) is 2.14. The molecule has 0 radical (unpaired) electrons. The standard InChI is InChI=1S/C11H20O/c1-2-3-7-10-12-11-8-5-4-6-9-11/h7,10-11H,2-6,8-9H2,1H3. The lowest BCUT2D eigenvalue weighted by atomic mass is 9.98. The number of hydrogen-bond acceptors (Lipinski definition) is 1. The maximum absolute atomic E-state index is 5.60. The minimum atomic E-state index is 0.520. The van der Waals surface area contributed by atoms with Crippen LogP contribution in [0.3, 0.4) is 0 Å². The summed E-state index contributed by atoms with van der Waals surface area (Å²) in [6, 6.07) is 0. The summed E-state index contributed by atoms with van der Waals surface area (Å²) in [4.78, 5) is 0. The van der Waals surface area contributed by atoms with Crippen molar-refractivity contribution in [3.05, 3.63) is 12.3 Å². The second-order valence-corrected chi connectivity index (χ2v) is 3.56. The number of hydrogen-bond donors (Lipinski definition) is 0. The van der Waals surface area contributed by atoms with E-state index < -0.39 is 0 Å². The highest BCUT2D eigenvalue weighted by Crippen LogP contribution is 2.20. The summed E-state index contributed by atoms with van der Waals surface area (Å²) >= 11 is 0. The van der Waals surface area contributed by atoms with Crippen LogP contribution in [0.1, 0.15) is 51.9 Å². The Bertz CT molecular complexity index is 123. The summed E-state index contributed by atoms with van der Waals surface area (Å²) in [7, 11) is 0. The van der Waals surface area contributed by atoms with Crippen LogP contribution in [0, 0.1) is 0 Å². The molecule has 1 aliphatic carbocycles. The molecule has 70 valence electrons. The molecule has 0 N–H and O–H groups in total. The van der Waals surface area contributed by atoms with Gasteiger partial charge in [-0.3, -0.25) is 0 Å². The summed E-state index contributed by atoms with van der Waals surface area (Å²) < 4.78 is 5.60. The van der Waals surface area contributed by atoms with E-state index in [2.05, 4.69) is 13.0 Å². The summed E-state index contributed by atoms with van der Waals surface area (Å²) in [5.41, 5.74) is 0. The van der Waals surface area contributed by atoms with Gasteiger partial charge < -0.3 is 4.74 Å². The molecule has 0 aromatic heterocycles. The lowest BCUT2D eigenvalue weighted by Crippen LogP contribution is -2.13. The first-order valence-electron chi connectivity index (χ1n) is 5.24. The smallest absolute Gasteiger partial charge is 0.0978 e. The zero-order valence-corrected chi connectivity index (χ0v) is 8.09. The van der Waals surface area contributed by atoms with E-state index in [4.69, 9.17) is 4.74 Å². The third-order valence-corrected chi connectivity index (χ3v) is 2.37. The van der Waals surface area contributed by atoms with Crippen LogP contribution >= 0.6 is 0 Å². The summed E-state index contributed by atoms with van der Waals surface area (Å²) in [5, 5.41) is 0. The topological polar surface area (TPSA) is 9.23 Å². The molecule has 1 heteroatoms. The number of allylic oxidation sites excluding steroid dienone is 1. The number of ether oxygens (including phenoxy) is 1. The third-order valence-electron chi connectivity index (χ3n) is 2.37. The van der Waals surface area contributed by atoms with Crippen LogP contribution in [0.4, 0.5) is 0 Å². The molecule has 0 bridgehead atoms. The highest BCUT2D eigenvalue weighted by atomic mass is 16.5. The number of unbranched alkanes of at least 4 members (excludes halogenated alkanes) is 1. The van der Waals surface area contributed by atoms with E-state index in [0.29, 0.717) is 6.10 Å². The monoisotopic (exact) mass is 168 g/mol. The molecule has 0 amide bonds. The Morgan fingerprint density at radius 1 is 1.25 bits per heavy atom. The molecule has 12 heavy (non-hydrogen) atoms. The van der Waals surface area contributed by atoms with Crippen LogP contribution in [0.2, 0.25) is 0 Å². The van der Waals surface area contributed by atoms with Crippen LogP contribution in [-0.4, -0.2) is 6.10 Å². The maximum atomic E-state index is 5.60. The van der Waals surface area contributed by atoms with Crippen LogP contribution in [0.25, 0.3) is 0 Å². The second-order valence-electron chi connectivity index (χ2n) is 3.56. The van der Waals surface area contributed by atoms with Crippen molar-refractivity contribution < 1.29 is 4.74 Å². The molecule has 0 atom stereocenters. The van der Waals surface area contributed by atoms with Crippen molar-refractivity contribution in [3.8, 4) is 0 Å². The molecule has 0 aromatic rings. The Morgan fingerprint density at radius 2 is 2.00 bits per heavy atom. The fourth-order valence-corrected chi connectivity index (χ4v) is 1.60. The van der Waals surface area contributed by atoms with Crippen molar-refractivity contribution in [2.24, 2.45) is 0 Å². The van der Waals surface area contributed by atoms with Gasteiger partial charge in [-0.25, -0.2) is 0 Å². The Kier molecular flexibility index (Phi) is 4.89. The SMILES string of the molecule is CCCC=COC1CCCCC1. The fourth-order valence-electron chi connectivity index (χ4n) is 1.60. The van der Waals surface area contributed by atoms with Crippen LogP contribution in [-0.2, 0) is 4.74 Å². The largest absolute Gasteiger partial charge is 0.498 e. The molecule has 0 unspecified atom stereocenters. The fraction of sp³-hybridized carbons (Fsp3) is 0.818. The van der Waals surface area contributed by atoms with Gasteiger partial charge in [0.2, 0.25) is 0 Å². The van der Waals surface area contributed by atoms with Gasteiger partial charge in [0.25, 0.3) is 0 Å².